The van der Waals surface area contributed by atoms with E-state index in [2.05, 4.69) is 29.5 Å². The third-order valence-corrected chi connectivity index (χ3v) is 4.76. The van der Waals surface area contributed by atoms with Crippen LogP contribution in [0.3, 0.4) is 0 Å². The van der Waals surface area contributed by atoms with Crippen molar-refractivity contribution in [2.24, 2.45) is 5.41 Å². The van der Waals surface area contributed by atoms with Crippen molar-refractivity contribution in [3.63, 3.8) is 0 Å². The maximum absolute atomic E-state index is 13.0. The summed E-state index contributed by atoms with van der Waals surface area (Å²) in [5.74, 6) is 0.218. The van der Waals surface area contributed by atoms with Gasteiger partial charge in [0, 0.05) is 30.1 Å². The highest BCUT2D eigenvalue weighted by Crippen LogP contribution is 2.45. The molecule has 122 valence electrons. The molecule has 0 bridgehead atoms. The van der Waals surface area contributed by atoms with Crippen LogP contribution in [0.15, 0.2) is 60.1 Å². The number of hydrogen-bond donors (Lipinski definition) is 2. The van der Waals surface area contributed by atoms with Crippen LogP contribution >= 0.6 is 0 Å². The fourth-order valence-corrected chi connectivity index (χ4v) is 3.70. The highest BCUT2D eigenvalue weighted by molar-refractivity contribution is 6.01. The zero-order valence-electron chi connectivity index (χ0n) is 14.0. The summed E-state index contributed by atoms with van der Waals surface area (Å²) in [7, 11) is 0. The maximum Gasteiger partial charge on any atom is 0.163 e. The first kappa shape index (κ1) is 14.9. The Bertz CT molecular complexity index is 824. The van der Waals surface area contributed by atoms with Crippen LogP contribution in [0.2, 0.25) is 0 Å². The molecule has 1 aliphatic carbocycles. The summed E-state index contributed by atoms with van der Waals surface area (Å²) >= 11 is 0. The molecule has 4 heteroatoms. The molecule has 0 fully saturated rings. The molecule has 0 amide bonds. The average molecular weight is 319 g/mol. The van der Waals surface area contributed by atoms with Gasteiger partial charge in [-0.05, 0) is 41.7 Å². The number of carbonyl (C=O) groups excluding carboxylic acids is 1. The van der Waals surface area contributed by atoms with E-state index in [1.165, 1.54) is 0 Å². The summed E-state index contributed by atoms with van der Waals surface area (Å²) in [6.45, 7) is 4.31. The molecule has 2 heterocycles. The second-order valence-corrected chi connectivity index (χ2v) is 7.36. The molecule has 2 aromatic rings. The number of carbonyl (C=O) groups is 1. The molecule has 1 aromatic heterocycles. The van der Waals surface area contributed by atoms with E-state index in [1.54, 1.807) is 12.4 Å². The van der Waals surface area contributed by atoms with Crippen molar-refractivity contribution >= 4 is 17.2 Å². The third kappa shape index (κ3) is 2.58. The first-order valence-electron chi connectivity index (χ1n) is 8.32. The molecule has 0 unspecified atom stereocenters. The van der Waals surface area contributed by atoms with E-state index in [1.807, 2.05) is 36.4 Å². The number of anilines is 2. The normalized spacial score (nSPS) is 21.9. The number of nitrogens with one attached hydrogen (secondary N) is 2. The fourth-order valence-electron chi connectivity index (χ4n) is 3.70. The lowest BCUT2D eigenvalue weighted by Gasteiger charge is -2.34. The van der Waals surface area contributed by atoms with Crippen LogP contribution < -0.4 is 10.6 Å². The van der Waals surface area contributed by atoms with E-state index in [4.69, 9.17) is 0 Å². The van der Waals surface area contributed by atoms with Crippen LogP contribution in [0.5, 0.6) is 0 Å². The van der Waals surface area contributed by atoms with Gasteiger partial charge in [-0.25, -0.2) is 0 Å². The molecular formula is C20H21N3O. The predicted molar refractivity (Wildman–Crippen MR) is 95.7 cm³/mol. The lowest BCUT2D eigenvalue weighted by atomic mass is 9.73. The van der Waals surface area contributed by atoms with Gasteiger partial charge in [0.25, 0.3) is 0 Å². The second kappa shape index (κ2) is 5.48. The molecule has 24 heavy (non-hydrogen) atoms. The fraction of sp³-hybridized carbons (Fsp3) is 0.300. The van der Waals surface area contributed by atoms with Crippen molar-refractivity contribution in [3.05, 3.63) is 65.6 Å². The van der Waals surface area contributed by atoms with Crippen LogP contribution in [0.25, 0.3) is 0 Å². The van der Waals surface area contributed by atoms with Crippen molar-refractivity contribution in [2.75, 3.05) is 10.6 Å². The standard InChI is InChI=1S/C20H21N3O/c1-20(2)11-16-18(17(24)12-20)19(13-7-9-21-10-8-13)23-15-6-4-3-5-14(15)22-16/h3-10,19,22-23H,11-12H2,1-2H3/t19-/m1/s1. The minimum absolute atomic E-state index is 0.0228. The third-order valence-electron chi connectivity index (χ3n) is 4.76. The number of fused-ring (bicyclic) bond motifs is 1. The largest absolute Gasteiger partial charge is 0.372 e. The molecule has 1 aromatic carbocycles. The van der Waals surface area contributed by atoms with Crippen LogP contribution in [-0.4, -0.2) is 10.8 Å². The zero-order valence-corrected chi connectivity index (χ0v) is 14.0. The Kier molecular flexibility index (Phi) is 3.41. The molecule has 1 aliphatic heterocycles. The Morgan fingerprint density at radius 1 is 1.04 bits per heavy atom. The smallest absolute Gasteiger partial charge is 0.163 e. The number of Topliss-reactive ketones (excluding diaryl/α,β-unsaturated/α-hetero) is 1. The number of nitrogens with zero attached hydrogens (tertiary/aromatic N) is 1. The minimum atomic E-state index is -0.150. The molecule has 4 nitrogen and oxygen atoms in total. The topological polar surface area (TPSA) is 54.0 Å². The molecule has 2 aliphatic rings. The molecule has 2 N–H and O–H groups in total. The molecule has 0 saturated carbocycles. The second-order valence-electron chi connectivity index (χ2n) is 7.36. The summed E-state index contributed by atoms with van der Waals surface area (Å²) < 4.78 is 0. The number of benzene rings is 1. The average Bonchev–Trinajstić information content (AvgIpc) is 2.70. The first-order valence-corrected chi connectivity index (χ1v) is 8.32. The van der Waals surface area contributed by atoms with Gasteiger partial charge in [0.15, 0.2) is 5.78 Å². The molecule has 0 spiro atoms. The zero-order chi connectivity index (χ0) is 16.7. The summed E-state index contributed by atoms with van der Waals surface area (Å²) in [6.07, 6.45) is 5.00. The van der Waals surface area contributed by atoms with Gasteiger partial charge in [0.2, 0.25) is 0 Å². The van der Waals surface area contributed by atoms with Gasteiger partial charge in [-0.15, -0.1) is 0 Å². The molecule has 0 radical (unpaired) electrons. The number of ketones is 1. The van der Waals surface area contributed by atoms with E-state index in [0.29, 0.717) is 6.42 Å². The van der Waals surface area contributed by atoms with Gasteiger partial charge in [-0.1, -0.05) is 26.0 Å². The Morgan fingerprint density at radius 3 is 2.50 bits per heavy atom. The maximum atomic E-state index is 13.0. The summed E-state index contributed by atoms with van der Waals surface area (Å²) in [4.78, 5) is 17.1. The molecular weight excluding hydrogens is 298 g/mol. The van der Waals surface area contributed by atoms with Gasteiger partial charge >= 0.3 is 0 Å². The van der Waals surface area contributed by atoms with Crippen LogP contribution in [0.4, 0.5) is 11.4 Å². The summed E-state index contributed by atoms with van der Waals surface area (Å²) in [5.41, 5.74) is 4.97. The Labute approximate surface area is 142 Å². The van der Waals surface area contributed by atoms with Gasteiger partial charge in [-0.2, -0.15) is 0 Å². The number of para-hydroxylation sites is 2. The van der Waals surface area contributed by atoms with Crippen LogP contribution in [0.1, 0.15) is 38.3 Å². The number of pyridine rings is 1. The predicted octanol–water partition coefficient (Wildman–Crippen LogP) is 4.30. The quantitative estimate of drug-likeness (QED) is 0.822. The molecule has 0 saturated heterocycles. The molecule has 1 atom stereocenters. The summed E-state index contributed by atoms with van der Waals surface area (Å²) in [5, 5.41) is 7.09. The van der Waals surface area contributed by atoms with E-state index in [-0.39, 0.29) is 17.2 Å². The van der Waals surface area contributed by atoms with Crippen LogP contribution in [0, 0.1) is 5.41 Å². The monoisotopic (exact) mass is 319 g/mol. The van der Waals surface area contributed by atoms with Crippen molar-refractivity contribution < 1.29 is 4.79 Å². The lowest BCUT2D eigenvalue weighted by Crippen LogP contribution is -2.31. The Hall–Kier alpha value is -2.62. The number of rotatable bonds is 1. The highest BCUT2D eigenvalue weighted by Gasteiger charge is 2.38. The van der Waals surface area contributed by atoms with Gasteiger partial charge in [-0.3, -0.25) is 9.78 Å². The van der Waals surface area contributed by atoms with Crippen molar-refractivity contribution in [2.45, 2.75) is 32.7 Å². The SMILES string of the molecule is CC1(C)CC(=O)C2=C(C1)Nc1ccccc1N[C@@H]2c1ccncc1. The van der Waals surface area contributed by atoms with Crippen molar-refractivity contribution in [3.8, 4) is 0 Å². The Balaban J connectivity index is 1.89. The van der Waals surface area contributed by atoms with E-state index < -0.39 is 0 Å². The highest BCUT2D eigenvalue weighted by atomic mass is 16.1. The first-order chi connectivity index (χ1) is 11.5. The number of aromatic nitrogens is 1. The minimum Gasteiger partial charge on any atom is -0.372 e. The summed E-state index contributed by atoms with van der Waals surface area (Å²) in [6, 6.07) is 11.9. The lowest BCUT2D eigenvalue weighted by molar-refractivity contribution is -0.118. The van der Waals surface area contributed by atoms with Crippen molar-refractivity contribution in [1.82, 2.24) is 4.98 Å². The van der Waals surface area contributed by atoms with Crippen LogP contribution in [-0.2, 0) is 4.79 Å². The van der Waals surface area contributed by atoms with Gasteiger partial charge in [0.05, 0.1) is 17.4 Å². The van der Waals surface area contributed by atoms with E-state index >= 15 is 0 Å². The van der Waals surface area contributed by atoms with Crippen molar-refractivity contribution in [1.29, 1.82) is 0 Å². The molecule has 4 rings (SSSR count). The Morgan fingerprint density at radius 2 is 1.75 bits per heavy atom. The number of hydrogen-bond acceptors (Lipinski definition) is 4. The van der Waals surface area contributed by atoms with E-state index in [0.717, 1.165) is 34.6 Å². The van der Waals surface area contributed by atoms with Gasteiger partial charge in [0.1, 0.15) is 0 Å². The van der Waals surface area contributed by atoms with Gasteiger partial charge < -0.3 is 10.6 Å². The number of allylic oxidation sites excluding steroid dienone is 1. The van der Waals surface area contributed by atoms with E-state index in [9.17, 15) is 4.79 Å².